The second kappa shape index (κ2) is 5.14. The lowest BCUT2D eigenvalue weighted by Gasteiger charge is -2.20. The molecule has 0 saturated heterocycles. The Morgan fingerprint density at radius 3 is 2.81 bits per heavy atom. The molecule has 0 spiro atoms. The Morgan fingerprint density at radius 2 is 2.31 bits per heavy atom. The normalized spacial score (nSPS) is 20.2. The highest BCUT2D eigenvalue weighted by molar-refractivity contribution is 5.98. The predicted octanol–water partition coefficient (Wildman–Crippen LogP) is 2.16. The van der Waals surface area contributed by atoms with Crippen LogP contribution in [-0.4, -0.2) is 30.5 Å². The van der Waals surface area contributed by atoms with Crippen LogP contribution in [0.1, 0.15) is 27.7 Å². The van der Waals surface area contributed by atoms with Crippen molar-refractivity contribution in [2.24, 2.45) is 10.9 Å². The molecule has 4 nitrogen and oxygen atoms in total. The maximum Gasteiger partial charge on any atom is 0.407 e. The molecule has 0 bridgehead atoms. The van der Waals surface area contributed by atoms with Crippen LogP contribution in [0.25, 0.3) is 0 Å². The molecule has 0 aromatic rings. The maximum absolute atomic E-state index is 11.4. The van der Waals surface area contributed by atoms with Gasteiger partial charge in [0.15, 0.2) is 0 Å². The number of alkyl carbamates (subject to hydrolysis) is 1. The van der Waals surface area contributed by atoms with Crippen LogP contribution in [0.5, 0.6) is 0 Å². The molecule has 0 saturated carbocycles. The Kier molecular flexibility index (Phi) is 4.10. The van der Waals surface area contributed by atoms with Crippen molar-refractivity contribution in [1.29, 1.82) is 0 Å². The number of rotatable bonds is 2. The minimum Gasteiger partial charge on any atom is -0.444 e. The molecule has 1 atom stereocenters. The first-order chi connectivity index (χ1) is 7.37. The summed E-state index contributed by atoms with van der Waals surface area (Å²) >= 11 is 0. The molecule has 0 radical (unpaired) electrons. The van der Waals surface area contributed by atoms with Gasteiger partial charge in [0.1, 0.15) is 5.60 Å². The lowest BCUT2D eigenvalue weighted by molar-refractivity contribution is 0.0536. The SMILES string of the molecule is CC1C=CC(CNC(=O)OC(C)(C)C)=NC1. The highest BCUT2D eigenvalue weighted by Crippen LogP contribution is 2.07. The van der Waals surface area contributed by atoms with Crippen LogP contribution in [0.15, 0.2) is 17.1 Å². The zero-order chi connectivity index (χ0) is 12.2. The van der Waals surface area contributed by atoms with Gasteiger partial charge in [0.2, 0.25) is 0 Å². The Balaban J connectivity index is 2.30. The molecule has 0 aromatic carbocycles. The Bertz CT molecular complexity index is 313. The molecule has 0 fully saturated rings. The highest BCUT2D eigenvalue weighted by atomic mass is 16.6. The lowest BCUT2D eigenvalue weighted by Crippen LogP contribution is -2.35. The average Bonchev–Trinajstić information content (AvgIpc) is 2.14. The van der Waals surface area contributed by atoms with Crippen LogP contribution in [0, 0.1) is 5.92 Å². The standard InChI is InChI=1S/C12H20N2O2/c1-9-5-6-10(13-7-9)8-14-11(15)16-12(2,3)4/h5-6,9H,7-8H2,1-4H3,(H,14,15). The van der Waals surface area contributed by atoms with Crippen molar-refractivity contribution in [3.8, 4) is 0 Å². The first-order valence-corrected chi connectivity index (χ1v) is 5.55. The number of carbonyl (C=O) groups is 1. The van der Waals surface area contributed by atoms with Gasteiger partial charge in [0.05, 0.1) is 12.3 Å². The van der Waals surface area contributed by atoms with Gasteiger partial charge >= 0.3 is 6.09 Å². The van der Waals surface area contributed by atoms with E-state index in [0.717, 1.165) is 12.3 Å². The summed E-state index contributed by atoms with van der Waals surface area (Å²) in [5, 5.41) is 2.68. The molecular formula is C12H20N2O2. The van der Waals surface area contributed by atoms with E-state index in [-0.39, 0.29) is 0 Å². The topological polar surface area (TPSA) is 50.7 Å². The fourth-order valence-corrected chi connectivity index (χ4v) is 1.24. The van der Waals surface area contributed by atoms with Crippen molar-refractivity contribution in [3.05, 3.63) is 12.2 Å². The van der Waals surface area contributed by atoms with Crippen molar-refractivity contribution < 1.29 is 9.53 Å². The zero-order valence-corrected chi connectivity index (χ0v) is 10.4. The van der Waals surface area contributed by atoms with Gasteiger partial charge in [-0.15, -0.1) is 0 Å². The van der Waals surface area contributed by atoms with E-state index in [1.54, 1.807) is 0 Å². The summed E-state index contributed by atoms with van der Waals surface area (Å²) < 4.78 is 5.12. The summed E-state index contributed by atoms with van der Waals surface area (Å²) in [4.78, 5) is 15.7. The number of carbonyl (C=O) groups excluding carboxylic acids is 1. The first-order valence-electron chi connectivity index (χ1n) is 5.55. The van der Waals surface area contributed by atoms with Crippen LogP contribution in [0.2, 0.25) is 0 Å². The van der Waals surface area contributed by atoms with Crippen LogP contribution in [0.3, 0.4) is 0 Å². The summed E-state index contributed by atoms with van der Waals surface area (Å²) in [5.41, 5.74) is 0.437. The average molecular weight is 224 g/mol. The smallest absolute Gasteiger partial charge is 0.407 e. The Hall–Kier alpha value is -1.32. The van der Waals surface area contributed by atoms with Gasteiger partial charge in [-0.3, -0.25) is 4.99 Å². The number of nitrogens with one attached hydrogen (secondary N) is 1. The molecule has 16 heavy (non-hydrogen) atoms. The number of aliphatic imine (C=N–C) groups is 1. The highest BCUT2D eigenvalue weighted by Gasteiger charge is 2.16. The third-order valence-corrected chi connectivity index (χ3v) is 2.01. The van der Waals surface area contributed by atoms with Gasteiger partial charge < -0.3 is 10.1 Å². The second-order valence-corrected chi connectivity index (χ2v) is 5.02. The molecule has 1 N–H and O–H groups in total. The quantitative estimate of drug-likeness (QED) is 0.781. The van der Waals surface area contributed by atoms with Crippen LogP contribution < -0.4 is 5.32 Å². The van der Waals surface area contributed by atoms with E-state index in [1.165, 1.54) is 0 Å². The second-order valence-electron chi connectivity index (χ2n) is 5.02. The van der Waals surface area contributed by atoms with Gasteiger partial charge in [-0.2, -0.15) is 0 Å². The van der Waals surface area contributed by atoms with Crippen LogP contribution in [0.4, 0.5) is 4.79 Å². The van der Waals surface area contributed by atoms with E-state index < -0.39 is 11.7 Å². The van der Waals surface area contributed by atoms with Crippen molar-refractivity contribution in [2.45, 2.75) is 33.3 Å². The molecule has 1 amide bonds. The summed E-state index contributed by atoms with van der Waals surface area (Å²) in [6, 6.07) is 0. The Labute approximate surface area is 96.8 Å². The van der Waals surface area contributed by atoms with Gasteiger partial charge in [0.25, 0.3) is 0 Å². The molecule has 1 aliphatic heterocycles. The van der Waals surface area contributed by atoms with Crippen molar-refractivity contribution in [3.63, 3.8) is 0 Å². The molecule has 1 unspecified atom stereocenters. The monoisotopic (exact) mass is 224 g/mol. The van der Waals surface area contributed by atoms with E-state index in [1.807, 2.05) is 26.8 Å². The van der Waals surface area contributed by atoms with E-state index in [2.05, 4.69) is 23.3 Å². The van der Waals surface area contributed by atoms with E-state index in [9.17, 15) is 4.79 Å². The van der Waals surface area contributed by atoms with E-state index >= 15 is 0 Å². The number of ether oxygens (including phenoxy) is 1. The minimum absolute atomic E-state index is 0.401. The first kappa shape index (κ1) is 12.7. The summed E-state index contributed by atoms with van der Waals surface area (Å²) in [6.45, 7) is 8.85. The minimum atomic E-state index is -0.456. The third kappa shape index (κ3) is 4.96. The molecule has 1 aliphatic rings. The zero-order valence-electron chi connectivity index (χ0n) is 10.4. The van der Waals surface area contributed by atoms with Crippen LogP contribution >= 0.6 is 0 Å². The fraction of sp³-hybridized carbons (Fsp3) is 0.667. The van der Waals surface area contributed by atoms with Gasteiger partial charge in [-0.1, -0.05) is 13.0 Å². The maximum atomic E-state index is 11.4. The number of dihydropyridines is 1. The largest absolute Gasteiger partial charge is 0.444 e. The molecule has 4 heteroatoms. The summed E-state index contributed by atoms with van der Waals surface area (Å²) in [6.07, 6.45) is 3.65. The molecule has 90 valence electrons. The number of hydrogen-bond donors (Lipinski definition) is 1. The van der Waals surface area contributed by atoms with E-state index in [0.29, 0.717) is 12.5 Å². The molecule has 0 aliphatic carbocycles. The number of nitrogens with zero attached hydrogens (tertiary/aromatic N) is 1. The van der Waals surface area contributed by atoms with Crippen molar-refractivity contribution in [1.82, 2.24) is 5.32 Å². The summed E-state index contributed by atoms with van der Waals surface area (Å²) in [7, 11) is 0. The number of amides is 1. The van der Waals surface area contributed by atoms with Crippen molar-refractivity contribution in [2.75, 3.05) is 13.1 Å². The third-order valence-electron chi connectivity index (χ3n) is 2.01. The summed E-state index contributed by atoms with van der Waals surface area (Å²) in [5.74, 6) is 0.491. The van der Waals surface area contributed by atoms with Gasteiger partial charge in [-0.25, -0.2) is 4.79 Å². The van der Waals surface area contributed by atoms with Crippen LogP contribution in [-0.2, 0) is 4.74 Å². The van der Waals surface area contributed by atoms with Crippen molar-refractivity contribution >= 4 is 11.8 Å². The van der Waals surface area contributed by atoms with E-state index in [4.69, 9.17) is 4.74 Å². The molecule has 1 rings (SSSR count). The van der Waals surface area contributed by atoms with Gasteiger partial charge in [0, 0.05) is 6.54 Å². The van der Waals surface area contributed by atoms with Gasteiger partial charge in [-0.05, 0) is 32.8 Å². The predicted molar refractivity (Wildman–Crippen MR) is 64.8 cm³/mol. The Morgan fingerprint density at radius 1 is 1.62 bits per heavy atom. The fourth-order valence-electron chi connectivity index (χ4n) is 1.24. The number of hydrogen-bond acceptors (Lipinski definition) is 3. The lowest BCUT2D eigenvalue weighted by atomic mass is 10.1. The molecular weight excluding hydrogens is 204 g/mol. The molecule has 1 heterocycles. The molecule has 0 aromatic heterocycles.